The predicted octanol–water partition coefficient (Wildman–Crippen LogP) is 0.501. The standard InChI is InChI=1S/C6H9N3O/c1-3-9-4-7-6(8-9)5(2)10/h4H,3H2,1-2H3. The molecule has 0 amide bonds. The van der Waals surface area contributed by atoms with E-state index in [1.807, 2.05) is 6.92 Å². The highest BCUT2D eigenvalue weighted by Gasteiger charge is 2.02. The third-order valence-corrected chi connectivity index (χ3v) is 1.18. The normalized spacial score (nSPS) is 9.80. The molecule has 0 aliphatic rings. The first-order chi connectivity index (χ1) is 4.74. The molecule has 4 nitrogen and oxygen atoms in total. The van der Waals surface area contributed by atoms with Gasteiger partial charge in [0.05, 0.1) is 0 Å². The summed E-state index contributed by atoms with van der Waals surface area (Å²) in [4.78, 5) is 14.4. The highest BCUT2D eigenvalue weighted by molar-refractivity contribution is 5.89. The number of ketones is 1. The quantitative estimate of drug-likeness (QED) is 0.560. The van der Waals surface area contributed by atoms with Gasteiger partial charge < -0.3 is 0 Å². The summed E-state index contributed by atoms with van der Waals surface area (Å²) >= 11 is 0. The fourth-order valence-electron chi connectivity index (χ4n) is 0.608. The van der Waals surface area contributed by atoms with Crippen LogP contribution in [0.15, 0.2) is 6.33 Å². The summed E-state index contributed by atoms with van der Waals surface area (Å²) < 4.78 is 1.62. The van der Waals surface area contributed by atoms with Gasteiger partial charge in [0.2, 0.25) is 5.82 Å². The number of hydrogen-bond acceptors (Lipinski definition) is 3. The predicted molar refractivity (Wildman–Crippen MR) is 35.7 cm³/mol. The fourth-order valence-corrected chi connectivity index (χ4v) is 0.608. The molecule has 0 atom stereocenters. The second-order valence-electron chi connectivity index (χ2n) is 1.98. The van der Waals surface area contributed by atoms with Gasteiger partial charge >= 0.3 is 0 Å². The van der Waals surface area contributed by atoms with Gasteiger partial charge in [0.15, 0.2) is 5.78 Å². The summed E-state index contributed by atoms with van der Waals surface area (Å²) in [5, 5.41) is 3.88. The lowest BCUT2D eigenvalue weighted by atomic mass is 10.4. The minimum atomic E-state index is -0.0906. The Morgan fingerprint density at radius 2 is 2.50 bits per heavy atom. The molecular weight excluding hydrogens is 130 g/mol. The van der Waals surface area contributed by atoms with E-state index in [0.29, 0.717) is 5.82 Å². The van der Waals surface area contributed by atoms with Crippen molar-refractivity contribution < 1.29 is 4.79 Å². The first-order valence-electron chi connectivity index (χ1n) is 3.14. The molecular formula is C6H9N3O. The molecule has 0 unspecified atom stereocenters. The molecule has 54 valence electrons. The Labute approximate surface area is 58.9 Å². The lowest BCUT2D eigenvalue weighted by molar-refractivity contribution is 0.100. The molecule has 1 heterocycles. The van der Waals surface area contributed by atoms with Crippen LogP contribution >= 0.6 is 0 Å². The fraction of sp³-hybridized carbons (Fsp3) is 0.500. The summed E-state index contributed by atoms with van der Waals surface area (Å²) in [7, 11) is 0. The highest BCUT2D eigenvalue weighted by Crippen LogP contribution is 1.89. The second-order valence-corrected chi connectivity index (χ2v) is 1.98. The summed E-state index contributed by atoms with van der Waals surface area (Å²) in [5.74, 6) is 0.203. The van der Waals surface area contributed by atoms with E-state index in [1.165, 1.54) is 6.92 Å². The smallest absolute Gasteiger partial charge is 0.216 e. The lowest BCUT2D eigenvalue weighted by Crippen LogP contribution is -1.99. The Kier molecular flexibility index (Phi) is 1.80. The zero-order valence-corrected chi connectivity index (χ0v) is 6.03. The first kappa shape index (κ1) is 6.92. The van der Waals surface area contributed by atoms with Gasteiger partial charge in [-0.3, -0.25) is 9.48 Å². The minimum Gasteiger partial charge on any atom is -0.291 e. The summed E-state index contributed by atoms with van der Waals surface area (Å²) in [6.45, 7) is 4.15. The molecule has 1 aromatic heterocycles. The van der Waals surface area contributed by atoms with Gasteiger partial charge in [-0.05, 0) is 6.92 Å². The van der Waals surface area contributed by atoms with E-state index < -0.39 is 0 Å². The van der Waals surface area contributed by atoms with Crippen molar-refractivity contribution in [3.05, 3.63) is 12.2 Å². The summed E-state index contributed by atoms with van der Waals surface area (Å²) in [6.07, 6.45) is 1.55. The van der Waals surface area contributed by atoms with E-state index in [0.717, 1.165) is 6.54 Å². The van der Waals surface area contributed by atoms with E-state index in [-0.39, 0.29) is 5.78 Å². The molecule has 10 heavy (non-hydrogen) atoms. The van der Waals surface area contributed by atoms with Gasteiger partial charge in [-0.1, -0.05) is 0 Å². The van der Waals surface area contributed by atoms with Crippen molar-refractivity contribution in [2.75, 3.05) is 0 Å². The third kappa shape index (κ3) is 1.21. The molecule has 0 bridgehead atoms. The van der Waals surface area contributed by atoms with Crippen LogP contribution in [0, 0.1) is 0 Å². The Balaban J connectivity index is 2.88. The van der Waals surface area contributed by atoms with Crippen molar-refractivity contribution in [3.8, 4) is 0 Å². The van der Waals surface area contributed by atoms with Gasteiger partial charge in [-0.15, -0.1) is 5.10 Å². The van der Waals surface area contributed by atoms with E-state index in [9.17, 15) is 4.79 Å². The van der Waals surface area contributed by atoms with Crippen molar-refractivity contribution in [2.24, 2.45) is 0 Å². The largest absolute Gasteiger partial charge is 0.291 e. The van der Waals surface area contributed by atoms with Crippen LogP contribution in [-0.4, -0.2) is 20.5 Å². The maximum atomic E-state index is 10.6. The van der Waals surface area contributed by atoms with Gasteiger partial charge in [-0.25, -0.2) is 4.98 Å². The molecule has 1 rings (SSSR count). The number of carbonyl (C=O) groups excluding carboxylic acids is 1. The number of rotatable bonds is 2. The van der Waals surface area contributed by atoms with Crippen molar-refractivity contribution in [2.45, 2.75) is 20.4 Å². The monoisotopic (exact) mass is 139 g/mol. The number of Topliss-reactive ketones (excluding diaryl/α,β-unsaturated/α-hetero) is 1. The molecule has 0 aliphatic carbocycles. The van der Waals surface area contributed by atoms with Gasteiger partial charge in [0.1, 0.15) is 6.33 Å². The number of aromatic nitrogens is 3. The van der Waals surface area contributed by atoms with E-state index in [2.05, 4.69) is 10.1 Å². The second kappa shape index (κ2) is 2.60. The molecule has 0 radical (unpaired) electrons. The van der Waals surface area contributed by atoms with Crippen LogP contribution < -0.4 is 0 Å². The molecule has 0 fully saturated rings. The van der Waals surface area contributed by atoms with Crippen LogP contribution in [0.2, 0.25) is 0 Å². The Hall–Kier alpha value is -1.19. The molecule has 0 aromatic carbocycles. The SMILES string of the molecule is CCn1cnc(C(C)=O)n1. The summed E-state index contributed by atoms with van der Waals surface area (Å²) in [5.41, 5.74) is 0. The molecule has 0 spiro atoms. The van der Waals surface area contributed by atoms with E-state index in [4.69, 9.17) is 0 Å². The van der Waals surface area contributed by atoms with Crippen LogP contribution in [0.5, 0.6) is 0 Å². The molecule has 0 saturated heterocycles. The number of hydrogen-bond donors (Lipinski definition) is 0. The van der Waals surface area contributed by atoms with Crippen LogP contribution in [0.4, 0.5) is 0 Å². The average molecular weight is 139 g/mol. The van der Waals surface area contributed by atoms with Crippen LogP contribution in [-0.2, 0) is 6.54 Å². The van der Waals surface area contributed by atoms with Crippen molar-refractivity contribution in [3.63, 3.8) is 0 Å². The van der Waals surface area contributed by atoms with Crippen molar-refractivity contribution in [1.29, 1.82) is 0 Å². The summed E-state index contributed by atoms with van der Waals surface area (Å²) in [6, 6.07) is 0. The molecule has 0 N–H and O–H groups in total. The maximum Gasteiger partial charge on any atom is 0.216 e. The maximum absolute atomic E-state index is 10.6. The Morgan fingerprint density at radius 1 is 1.80 bits per heavy atom. The van der Waals surface area contributed by atoms with Gasteiger partial charge in [-0.2, -0.15) is 0 Å². The van der Waals surface area contributed by atoms with E-state index in [1.54, 1.807) is 11.0 Å². The number of aryl methyl sites for hydroxylation is 1. The molecule has 0 saturated carbocycles. The van der Waals surface area contributed by atoms with E-state index >= 15 is 0 Å². The molecule has 4 heteroatoms. The van der Waals surface area contributed by atoms with Gasteiger partial charge in [0.25, 0.3) is 0 Å². The van der Waals surface area contributed by atoms with Gasteiger partial charge in [0, 0.05) is 13.5 Å². The van der Waals surface area contributed by atoms with Crippen LogP contribution in [0.3, 0.4) is 0 Å². The van der Waals surface area contributed by atoms with Crippen LogP contribution in [0.25, 0.3) is 0 Å². The zero-order valence-electron chi connectivity index (χ0n) is 6.03. The van der Waals surface area contributed by atoms with Crippen molar-refractivity contribution in [1.82, 2.24) is 14.8 Å². The first-order valence-corrected chi connectivity index (χ1v) is 3.14. The Bertz CT molecular complexity index is 241. The molecule has 1 aromatic rings. The third-order valence-electron chi connectivity index (χ3n) is 1.18. The highest BCUT2D eigenvalue weighted by atomic mass is 16.1. The number of nitrogens with zero attached hydrogens (tertiary/aromatic N) is 3. The average Bonchev–Trinajstić information content (AvgIpc) is 2.34. The lowest BCUT2D eigenvalue weighted by Gasteiger charge is -1.87. The molecule has 0 aliphatic heterocycles. The van der Waals surface area contributed by atoms with Crippen LogP contribution in [0.1, 0.15) is 24.5 Å². The number of carbonyl (C=O) groups is 1. The topological polar surface area (TPSA) is 47.8 Å². The minimum absolute atomic E-state index is 0.0906. The van der Waals surface area contributed by atoms with Crippen molar-refractivity contribution >= 4 is 5.78 Å². The zero-order chi connectivity index (χ0) is 7.56. The Morgan fingerprint density at radius 3 is 2.80 bits per heavy atom.